The topological polar surface area (TPSA) is 94.3 Å². The molecule has 4 rings (SSSR count). The van der Waals surface area contributed by atoms with Crippen molar-refractivity contribution in [1.82, 2.24) is 9.88 Å². The van der Waals surface area contributed by atoms with Gasteiger partial charge in [-0.05, 0) is 60.7 Å². The Kier molecular flexibility index (Phi) is 6.47. The number of anilines is 2. The van der Waals surface area contributed by atoms with Crippen LogP contribution in [0.3, 0.4) is 0 Å². The third-order valence-electron chi connectivity index (χ3n) is 5.23. The number of carbonyl (C=O) groups excluding carboxylic acids is 2. The zero-order valence-corrected chi connectivity index (χ0v) is 17.8. The van der Waals surface area contributed by atoms with Gasteiger partial charge in [-0.3, -0.25) is 9.59 Å². The van der Waals surface area contributed by atoms with Crippen molar-refractivity contribution in [2.75, 3.05) is 23.7 Å². The van der Waals surface area contributed by atoms with E-state index in [4.69, 9.17) is 0 Å². The second kappa shape index (κ2) is 9.61. The van der Waals surface area contributed by atoms with Crippen molar-refractivity contribution in [2.45, 2.75) is 25.7 Å². The molecule has 3 amide bonds. The van der Waals surface area contributed by atoms with Gasteiger partial charge in [0.05, 0.1) is 10.6 Å². The maximum Gasteiger partial charge on any atom is 0.321 e. The molecule has 0 aliphatic carbocycles. The van der Waals surface area contributed by atoms with Gasteiger partial charge in [-0.1, -0.05) is 18.9 Å². The van der Waals surface area contributed by atoms with E-state index in [-0.39, 0.29) is 11.6 Å². The van der Waals surface area contributed by atoms with Crippen molar-refractivity contribution in [3.8, 4) is 10.6 Å². The number of hydrogen-bond acceptors (Lipinski definition) is 4. The molecule has 2 aromatic heterocycles. The van der Waals surface area contributed by atoms with Crippen molar-refractivity contribution in [1.29, 1.82) is 0 Å². The number of nitrogens with zero attached hydrogens (tertiary/aromatic N) is 1. The smallest absolute Gasteiger partial charge is 0.321 e. The lowest BCUT2D eigenvalue weighted by Gasteiger charge is -2.20. The molecule has 7 nitrogen and oxygen atoms in total. The molecular weight excluding hydrogens is 412 g/mol. The van der Waals surface area contributed by atoms with E-state index in [1.165, 1.54) is 17.4 Å². The van der Waals surface area contributed by atoms with Crippen LogP contribution in [0.15, 0.2) is 58.7 Å². The number of thiophene rings is 1. The van der Waals surface area contributed by atoms with Gasteiger partial charge in [-0.25, -0.2) is 4.79 Å². The molecule has 1 aliphatic rings. The molecule has 0 atom stereocenters. The van der Waals surface area contributed by atoms with Crippen molar-refractivity contribution >= 4 is 34.6 Å². The Hall–Kier alpha value is -3.39. The number of rotatable bonds is 4. The fraction of sp³-hybridized carbons (Fsp3) is 0.261. The Labute approximate surface area is 184 Å². The molecule has 1 fully saturated rings. The summed E-state index contributed by atoms with van der Waals surface area (Å²) < 4.78 is 0. The number of amides is 3. The fourth-order valence-corrected chi connectivity index (χ4v) is 4.25. The maximum atomic E-state index is 12.5. The fourth-order valence-electron chi connectivity index (χ4n) is 3.54. The van der Waals surface area contributed by atoms with Gasteiger partial charge in [-0.15, -0.1) is 11.3 Å². The highest BCUT2D eigenvalue weighted by Crippen LogP contribution is 2.22. The number of carbonyl (C=O) groups is 2. The molecule has 1 aliphatic heterocycles. The summed E-state index contributed by atoms with van der Waals surface area (Å²) >= 11 is 1.51. The molecule has 31 heavy (non-hydrogen) atoms. The molecule has 1 saturated heterocycles. The number of pyridine rings is 1. The van der Waals surface area contributed by atoms with Gasteiger partial charge in [0, 0.05) is 24.5 Å². The SMILES string of the molecule is O=C(Nc1ccc(NC(=O)N2CCCCCC2)cc1)c1ccc(-c2cccs2)[nH]c1=O. The van der Waals surface area contributed by atoms with Gasteiger partial charge >= 0.3 is 6.03 Å². The molecule has 160 valence electrons. The van der Waals surface area contributed by atoms with E-state index < -0.39 is 11.5 Å². The highest BCUT2D eigenvalue weighted by Gasteiger charge is 2.16. The molecule has 0 saturated carbocycles. The van der Waals surface area contributed by atoms with E-state index in [0.29, 0.717) is 17.1 Å². The largest absolute Gasteiger partial charge is 0.325 e. The van der Waals surface area contributed by atoms with Crippen LogP contribution in [-0.2, 0) is 0 Å². The predicted molar refractivity (Wildman–Crippen MR) is 124 cm³/mol. The summed E-state index contributed by atoms with van der Waals surface area (Å²) in [6.45, 7) is 1.56. The van der Waals surface area contributed by atoms with Crippen LogP contribution in [0.1, 0.15) is 36.0 Å². The van der Waals surface area contributed by atoms with Gasteiger partial charge in [0.25, 0.3) is 11.5 Å². The molecule has 3 heterocycles. The minimum atomic E-state index is -0.486. The Morgan fingerprint density at radius 1 is 0.871 bits per heavy atom. The van der Waals surface area contributed by atoms with Crippen LogP contribution in [-0.4, -0.2) is 34.9 Å². The van der Waals surface area contributed by atoms with Crippen molar-refractivity contribution in [3.05, 3.63) is 69.8 Å². The molecular formula is C23H24N4O3S. The summed E-state index contributed by atoms with van der Waals surface area (Å²) in [5.74, 6) is -0.486. The van der Waals surface area contributed by atoms with Crippen LogP contribution in [0, 0.1) is 0 Å². The number of H-pyrrole nitrogens is 1. The molecule has 0 radical (unpaired) electrons. The van der Waals surface area contributed by atoms with E-state index >= 15 is 0 Å². The van der Waals surface area contributed by atoms with Gasteiger partial charge in [-0.2, -0.15) is 0 Å². The summed E-state index contributed by atoms with van der Waals surface area (Å²) in [6.07, 6.45) is 4.40. The first kappa shape index (κ1) is 20.9. The van der Waals surface area contributed by atoms with Gasteiger partial charge in [0.1, 0.15) is 5.56 Å². The second-order valence-electron chi connectivity index (χ2n) is 7.45. The van der Waals surface area contributed by atoms with Crippen LogP contribution in [0.4, 0.5) is 16.2 Å². The summed E-state index contributed by atoms with van der Waals surface area (Å²) in [5.41, 5.74) is 1.48. The molecule has 0 spiro atoms. The van der Waals surface area contributed by atoms with Crippen molar-refractivity contribution in [3.63, 3.8) is 0 Å². The first-order valence-corrected chi connectivity index (χ1v) is 11.2. The Bertz CT molecular complexity index is 1100. The number of hydrogen-bond donors (Lipinski definition) is 3. The minimum Gasteiger partial charge on any atom is -0.325 e. The predicted octanol–water partition coefficient (Wildman–Crippen LogP) is 4.76. The normalized spacial score (nSPS) is 14.0. The molecule has 0 unspecified atom stereocenters. The lowest BCUT2D eigenvalue weighted by molar-refractivity contribution is 0.102. The van der Waals surface area contributed by atoms with Gasteiger partial charge < -0.3 is 20.5 Å². The lowest BCUT2D eigenvalue weighted by atomic mass is 10.2. The Morgan fingerprint density at radius 3 is 2.16 bits per heavy atom. The summed E-state index contributed by atoms with van der Waals surface area (Å²) in [7, 11) is 0. The molecule has 3 aromatic rings. The summed E-state index contributed by atoms with van der Waals surface area (Å²) in [5, 5.41) is 7.55. The van der Waals surface area contributed by atoms with Crippen molar-refractivity contribution < 1.29 is 9.59 Å². The number of aromatic amines is 1. The Morgan fingerprint density at radius 2 is 1.55 bits per heavy atom. The van der Waals surface area contributed by atoms with E-state index in [1.807, 2.05) is 22.4 Å². The number of nitrogens with one attached hydrogen (secondary N) is 3. The van der Waals surface area contributed by atoms with Crippen LogP contribution < -0.4 is 16.2 Å². The Balaban J connectivity index is 1.38. The third kappa shape index (κ3) is 5.21. The number of likely N-dealkylation sites (tertiary alicyclic amines) is 1. The third-order valence-corrected chi connectivity index (χ3v) is 6.13. The highest BCUT2D eigenvalue weighted by molar-refractivity contribution is 7.13. The molecule has 0 bridgehead atoms. The lowest BCUT2D eigenvalue weighted by Crippen LogP contribution is -2.35. The van der Waals surface area contributed by atoms with E-state index in [9.17, 15) is 14.4 Å². The van der Waals surface area contributed by atoms with Gasteiger partial charge in [0.2, 0.25) is 0 Å². The quantitative estimate of drug-likeness (QED) is 0.550. The van der Waals surface area contributed by atoms with Crippen LogP contribution >= 0.6 is 11.3 Å². The van der Waals surface area contributed by atoms with Crippen molar-refractivity contribution in [2.24, 2.45) is 0 Å². The number of aromatic nitrogens is 1. The van der Waals surface area contributed by atoms with Crippen LogP contribution in [0.5, 0.6) is 0 Å². The second-order valence-corrected chi connectivity index (χ2v) is 8.40. The van der Waals surface area contributed by atoms with Crippen LogP contribution in [0.2, 0.25) is 0 Å². The molecule has 1 aromatic carbocycles. The zero-order chi connectivity index (χ0) is 21.6. The van der Waals surface area contributed by atoms with Crippen LogP contribution in [0.25, 0.3) is 10.6 Å². The average molecular weight is 437 g/mol. The molecule has 3 N–H and O–H groups in total. The highest BCUT2D eigenvalue weighted by atomic mass is 32.1. The standard InChI is InChI=1S/C23H24N4O3S/c28-21(18-11-12-19(26-22(18)29)20-6-5-15-31-20)24-16-7-9-17(10-8-16)25-23(30)27-13-3-1-2-4-14-27/h5-12,15H,1-4,13-14H2,(H,24,28)(H,25,30)(H,26,29). The van der Waals surface area contributed by atoms with E-state index in [0.717, 1.165) is 43.6 Å². The maximum absolute atomic E-state index is 12.5. The summed E-state index contributed by atoms with van der Waals surface area (Å²) in [4.78, 5) is 42.8. The first-order chi connectivity index (χ1) is 15.1. The average Bonchev–Trinajstić information content (AvgIpc) is 3.17. The molecule has 8 heteroatoms. The van der Waals surface area contributed by atoms with Gasteiger partial charge in [0.15, 0.2) is 0 Å². The van der Waals surface area contributed by atoms with E-state index in [1.54, 1.807) is 30.3 Å². The summed E-state index contributed by atoms with van der Waals surface area (Å²) in [6, 6.07) is 13.8. The minimum absolute atomic E-state index is 0.0406. The first-order valence-electron chi connectivity index (χ1n) is 10.3. The van der Waals surface area contributed by atoms with E-state index in [2.05, 4.69) is 15.6 Å². The monoisotopic (exact) mass is 436 g/mol. The zero-order valence-electron chi connectivity index (χ0n) is 17.0. The number of benzene rings is 1. The number of urea groups is 1.